The standard InChI is InChI=1S/C9H9BCl2/c1-4-7(10)5(2)9(12)6(3)8(4)11/h1-3H3. The molecule has 0 saturated heterocycles. The maximum Gasteiger partial charge on any atom is 0.114 e. The lowest BCUT2D eigenvalue weighted by Gasteiger charge is -2.12. The highest BCUT2D eigenvalue weighted by atomic mass is 35.5. The van der Waals surface area contributed by atoms with Crippen molar-refractivity contribution in [3.63, 3.8) is 0 Å². The predicted octanol–water partition coefficient (Wildman–Crippen LogP) is 2.71. The van der Waals surface area contributed by atoms with E-state index in [-0.39, 0.29) is 0 Å². The molecular formula is C9H9BCl2. The van der Waals surface area contributed by atoms with Crippen LogP contribution in [0.25, 0.3) is 0 Å². The molecule has 62 valence electrons. The van der Waals surface area contributed by atoms with E-state index >= 15 is 0 Å². The maximum absolute atomic E-state index is 6.00. The van der Waals surface area contributed by atoms with Crippen LogP contribution in [0.5, 0.6) is 0 Å². The number of hydrogen-bond donors (Lipinski definition) is 0. The summed E-state index contributed by atoms with van der Waals surface area (Å²) in [5.74, 6) is 0. The number of benzene rings is 1. The van der Waals surface area contributed by atoms with E-state index in [0.29, 0.717) is 15.5 Å². The van der Waals surface area contributed by atoms with Crippen LogP contribution in [0.2, 0.25) is 10.0 Å². The van der Waals surface area contributed by atoms with Crippen LogP contribution in [0.15, 0.2) is 0 Å². The molecule has 0 aromatic heterocycles. The van der Waals surface area contributed by atoms with Gasteiger partial charge in [-0.3, -0.25) is 0 Å². The summed E-state index contributed by atoms with van der Waals surface area (Å²) in [6, 6.07) is 0. The number of hydrogen-bond acceptors (Lipinski definition) is 0. The third-order valence-electron chi connectivity index (χ3n) is 2.12. The molecular weight excluding hydrogens is 190 g/mol. The molecule has 1 aromatic carbocycles. The summed E-state index contributed by atoms with van der Waals surface area (Å²) >= 11 is 12.0. The fraction of sp³-hybridized carbons (Fsp3) is 0.333. The lowest BCUT2D eigenvalue weighted by Crippen LogP contribution is -2.13. The summed E-state index contributed by atoms with van der Waals surface area (Å²) in [5, 5.41) is 1.34. The van der Waals surface area contributed by atoms with Crippen molar-refractivity contribution in [1.82, 2.24) is 0 Å². The van der Waals surface area contributed by atoms with Gasteiger partial charge in [-0.1, -0.05) is 28.7 Å². The molecule has 2 radical (unpaired) electrons. The molecule has 1 aromatic rings. The molecule has 3 heteroatoms. The van der Waals surface area contributed by atoms with Crippen molar-refractivity contribution in [1.29, 1.82) is 0 Å². The third-order valence-corrected chi connectivity index (χ3v) is 3.26. The topological polar surface area (TPSA) is 0 Å². The first kappa shape index (κ1) is 9.95. The normalized spacial score (nSPS) is 10.4. The Hall–Kier alpha value is -0.135. The van der Waals surface area contributed by atoms with E-state index in [2.05, 4.69) is 0 Å². The van der Waals surface area contributed by atoms with Gasteiger partial charge in [0, 0.05) is 10.0 Å². The summed E-state index contributed by atoms with van der Waals surface area (Å²) in [6.07, 6.45) is 0. The summed E-state index contributed by atoms with van der Waals surface area (Å²) in [5.41, 5.74) is 3.42. The van der Waals surface area contributed by atoms with Crippen LogP contribution in [0.4, 0.5) is 0 Å². The Morgan fingerprint density at radius 2 is 1.17 bits per heavy atom. The molecule has 0 saturated carbocycles. The predicted molar refractivity (Wildman–Crippen MR) is 56.1 cm³/mol. The Morgan fingerprint density at radius 1 is 0.833 bits per heavy atom. The zero-order chi connectivity index (χ0) is 9.46. The summed E-state index contributed by atoms with van der Waals surface area (Å²) in [4.78, 5) is 0. The molecule has 0 heterocycles. The van der Waals surface area contributed by atoms with Gasteiger partial charge in [-0.2, -0.15) is 0 Å². The van der Waals surface area contributed by atoms with Crippen LogP contribution in [-0.2, 0) is 0 Å². The Balaban J connectivity index is 3.60. The molecule has 0 amide bonds. The average molecular weight is 199 g/mol. The summed E-state index contributed by atoms with van der Waals surface area (Å²) in [7, 11) is 5.78. The summed E-state index contributed by atoms with van der Waals surface area (Å²) in [6.45, 7) is 5.69. The van der Waals surface area contributed by atoms with Gasteiger partial charge < -0.3 is 0 Å². The highest BCUT2D eigenvalue weighted by Gasteiger charge is 2.10. The first-order valence-corrected chi connectivity index (χ1v) is 4.42. The van der Waals surface area contributed by atoms with E-state index in [9.17, 15) is 0 Å². The van der Waals surface area contributed by atoms with Crippen molar-refractivity contribution < 1.29 is 0 Å². The molecule has 0 nitrogen and oxygen atoms in total. The SMILES string of the molecule is [B]c1c(C)c(Cl)c(C)c(Cl)c1C. The lowest BCUT2D eigenvalue weighted by molar-refractivity contribution is 1.35. The molecule has 0 bridgehead atoms. The Bertz CT molecular complexity index is 227. The molecule has 0 aliphatic heterocycles. The van der Waals surface area contributed by atoms with Gasteiger partial charge in [0.05, 0.1) is 0 Å². The zero-order valence-electron chi connectivity index (χ0n) is 7.33. The van der Waals surface area contributed by atoms with Crippen molar-refractivity contribution in [2.75, 3.05) is 0 Å². The van der Waals surface area contributed by atoms with Gasteiger partial charge in [0.1, 0.15) is 7.85 Å². The third kappa shape index (κ3) is 1.36. The van der Waals surface area contributed by atoms with Gasteiger partial charge in [0.25, 0.3) is 0 Å². The van der Waals surface area contributed by atoms with Gasteiger partial charge in [0.15, 0.2) is 0 Å². The van der Waals surface area contributed by atoms with Crippen LogP contribution in [-0.4, -0.2) is 7.85 Å². The van der Waals surface area contributed by atoms with Crippen molar-refractivity contribution in [2.45, 2.75) is 20.8 Å². The highest BCUT2D eigenvalue weighted by Crippen LogP contribution is 2.27. The largest absolute Gasteiger partial charge is 0.114 e. The molecule has 0 N–H and O–H groups in total. The quantitative estimate of drug-likeness (QED) is 0.563. The van der Waals surface area contributed by atoms with Crippen LogP contribution in [0.3, 0.4) is 0 Å². The summed E-state index contributed by atoms with van der Waals surface area (Å²) < 4.78 is 0. The maximum atomic E-state index is 6.00. The molecule has 0 unspecified atom stereocenters. The molecule has 12 heavy (non-hydrogen) atoms. The lowest BCUT2D eigenvalue weighted by atomic mass is 9.85. The fourth-order valence-corrected chi connectivity index (χ4v) is 1.62. The van der Waals surface area contributed by atoms with E-state index in [1.54, 1.807) is 0 Å². The monoisotopic (exact) mass is 198 g/mol. The van der Waals surface area contributed by atoms with Gasteiger partial charge in [-0.15, -0.1) is 0 Å². The molecule has 0 aliphatic rings. The van der Waals surface area contributed by atoms with Crippen LogP contribution < -0.4 is 5.46 Å². The minimum atomic E-state index is 0.670. The van der Waals surface area contributed by atoms with E-state index in [4.69, 9.17) is 31.0 Å². The molecule has 0 aliphatic carbocycles. The van der Waals surface area contributed by atoms with Crippen molar-refractivity contribution in [3.05, 3.63) is 26.7 Å². The van der Waals surface area contributed by atoms with E-state index in [1.165, 1.54) is 0 Å². The second kappa shape index (κ2) is 3.31. The van der Waals surface area contributed by atoms with Crippen molar-refractivity contribution in [2.24, 2.45) is 0 Å². The second-order valence-corrected chi connectivity index (χ2v) is 3.67. The van der Waals surface area contributed by atoms with E-state index in [0.717, 1.165) is 16.7 Å². The zero-order valence-corrected chi connectivity index (χ0v) is 8.85. The number of rotatable bonds is 0. The second-order valence-electron chi connectivity index (χ2n) is 2.92. The first-order chi connectivity index (χ1) is 5.46. The minimum Gasteiger partial charge on any atom is -0.0880 e. The molecule has 0 atom stereocenters. The molecule has 0 spiro atoms. The average Bonchev–Trinajstić information content (AvgIpc) is 2.08. The van der Waals surface area contributed by atoms with E-state index < -0.39 is 0 Å². The Labute approximate surface area is 84.3 Å². The van der Waals surface area contributed by atoms with Crippen molar-refractivity contribution >= 4 is 36.5 Å². The fourth-order valence-electron chi connectivity index (χ4n) is 1.18. The van der Waals surface area contributed by atoms with Gasteiger partial charge >= 0.3 is 0 Å². The van der Waals surface area contributed by atoms with Crippen LogP contribution in [0.1, 0.15) is 16.7 Å². The number of halogens is 2. The first-order valence-electron chi connectivity index (χ1n) is 3.67. The van der Waals surface area contributed by atoms with Crippen molar-refractivity contribution in [3.8, 4) is 0 Å². The minimum absolute atomic E-state index is 0.670. The Kier molecular flexibility index (Phi) is 2.75. The van der Waals surface area contributed by atoms with Crippen LogP contribution >= 0.6 is 23.2 Å². The van der Waals surface area contributed by atoms with Gasteiger partial charge in [0.2, 0.25) is 0 Å². The Morgan fingerprint density at radius 3 is 1.50 bits per heavy atom. The van der Waals surface area contributed by atoms with Gasteiger partial charge in [-0.05, 0) is 37.5 Å². The molecule has 0 fully saturated rings. The van der Waals surface area contributed by atoms with E-state index in [1.807, 2.05) is 20.8 Å². The molecule has 1 rings (SSSR count). The smallest absolute Gasteiger partial charge is 0.0880 e. The van der Waals surface area contributed by atoms with Crippen LogP contribution in [0, 0.1) is 20.8 Å². The highest BCUT2D eigenvalue weighted by molar-refractivity contribution is 6.43. The van der Waals surface area contributed by atoms with Gasteiger partial charge in [-0.25, -0.2) is 0 Å².